The molecule has 0 aliphatic carbocycles. The number of anilines is 2. The number of fused-ring (bicyclic) bond motifs is 1. The van der Waals surface area contributed by atoms with E-state index >= 15 is 0 Å². The average Bonchev–Trinajstić information content (AvgIpc) is 2.68. The van der Waals surface area contributed by atoms with Crippen LogP contribution >= 0.6 is 0 Å². The van der Waals surface area contributed by atoms with Gasteiger partial charge in [0.15, 0.2) is 6.10 Å². The van der Waals surface area contributed by atoms with Gasteiger partial charge in [0.05, 0.1) is 19.9 Å². The van der Waals surface area contributed by atoms with Crippen molar-refractivity contribution in [1.82, 2.24) is 0 Å². The molecule has 0 saturated carbocycles. The molecule has 0 aromatic heterocycles. The molecule has 0 bridgehead atoms. The van der Waals surface area contributed by atoms with Crippen LogP contribution in [0.15, 0.2) is 36.4 Å². The van der Waals surface area contributed by atoms with E-state index in [9.17, 15) is 9.59 Å². The number of rotatable bonds is 5. The summed E-state index contributed by atoms with van der Waals surface area (Å²) in [6, 6.07) is 10.3. The van der Waals surface area contributed by atoms with Crippen LogP contribution in [0.25, 0.3) is 0 Å². The van der Waals surface area contributed by atoms with Gasteiger partial charge in [-0.2, -0.15) is 0 Å². The van der Waals surface area contributed by atoms with Crippen LogP contribution in [0.4, 0.5) is 11.4 Å². The molecule has 7 nitrogen and oxygen atoms in total. The van der Waals surface area contributed by atoms with Crippen LogP contribution in [0.5, 0.6) is 17.2 Å². The second kappa shape index (κ2) is 7.57. The zero-order valence-electron chi connectivity index (χ0n) is 15.7. The van der Waals surface area contributed by atoms with E-state index in [0.29, 0.717) is 40.7 Å². The summed E-state index contributed by atoms with van der Waals surface area (Å²) in [5.41, 5.74) is 1.47. The molecule has 0 fully saturated rings. The number of hydrogen-bond donors (Lipinski definition) is 1. The number of methoxy groups -OCH3 is 2. The highest BCUT2D eigenvalue weighted by Gasteiger charge is 2.30. The lowest BCUT2D eigenvalue weighted by Crippen LogP contribution is -2.44. The molecule has 1 aliphatic rings. The predicted molar refractivity (Wildman–Crippen MR) is 102 cm³/mol. The largest absolute Gasteiger partial charge is 0.496 e. The fourth-order valence-electron chi connectivity index (χ4n) is 3.08. The molecule has 0 saturated heterocycles. The Morgan fingerprint density at radius 3 is 2.44 bits per heavy atom. The van der Waals surface area contributed by atoms with E-state index in [2.05, 4.69) is 5.32 Å². The van der Waals surface area contributed by atoms with Gasteiger partial charge in [0.1, 0.15) is 22.8 Å². The van der Waals surface area contributed by atoms with E-state index < -0.39 is 6.10 Å². The van der Waals surface area contributed by atoms with E-state index in [1.54, 1.807) is 48.2 Å². The lowest BCUT2D eigenvalue weighted by molar-refractivity contribution is -0.125. The highest BCUT2D eigenvalue weighted by atomic mass is 16.5. The Labute approximate surface area is 157 Å². The first-order chi connectivity index (χ1) is 13.0. The Bertz CT molecular complexity index is 858. The molecule has 27 heavy (non-hydrogen) atoms. The number of ether oxygens (including phenoxy) is 3. The summed E-state index contributed by atoms with van der Waals surface area (Å²) in [6.45, 7) is 4.12. The number of carbonyl (C=O) groups is 2. The van der Waals surface area contributed by atoms with Gasteiger partial charge < -0.3 is 24.4 Å². The normalized spacial score (nSPS) is 15.6. The maximum atomic E-state index is 12.8. The molecular weight excluding hydrogens is 348 g/mol. The van der Waals surface area contributed by atoms with Gasteiger partial charge in [0, 0.05) is 12.2 Å². The first-order valence-electron chi connectivity index (χ1n) is 8.64. The van der Waals surface area contributed by atoms with Crippen molar-refractivity contribution in [3.05, 3.63) is 42.0 Å². The molecule has 1 heterocycles. The third-order valence-corrected chi connectivity index (χ3v) is 4.40. The Balaban J connectivity index is 1.93. The van der Waals surface area contributed by atoms with E-state index in [0.717, 1.165) is 0 Å². The molecule has 1 aliphatic heterocycles. The van der Waals surface area contributed by atoms with Crippen molar-refractivity contribution in [2.45, 2.75) is 20.0 Å². The van der Waals surface area contributed by atoms with Gasteiger partial charge in [-0.15, -0.1) is 0 Å². The van der Waals surface area contributed by atoms with E-state index in [1.165, 1.54) is 14.2 Å². The second-order valence-corrected chi connectivity index (χ2v) is 6.02. The van der Waals surface area contributed by atoms with Crippen molar-refractivity contribution in [3.63, 3.8) is 0 Å². The first-order valence-corrected chi connectivity index (χ1v) is 8.64. The molecule has 2 amide bonds. The van der Waals surface area contributed by atoms with E-state index in [1.807, 2.05) is 6.92 Å². The maximum Gasteiger partial charge on any atom is 0.267 e. The van der Waals surface area contributed by atoms with Crippen molar-refractivity contribution in [2.24, 2.45) is 0 Å². The summed E-state index contributed by atoms with van der Waals surface area (Å²) in [7, 11) is 2.99. The summed E-state index contributed by atoms with van der Waals surface area (Å²) in [4.78, 5) is 26.8. The van der Waals surface area contributed by atoms with Gasteiger partial charge in [0.2, 0.25) is 0 Å². The van der Waals surface area contributed by atoms with Gasteiger partial charge >= 0.3 is 0 Å². The Morgan fingerprint density at radius 1 is 1.19 bits per heavy atom. The van der Waals surface area contributed by atoms with Gasteiger partial charge in [-0.1, -0.05) is 6.07 Å². The monoisotopic (exact) mass is 370 g/mol. The van der Waals surface area contributed by atoms with Crippen LogP contribution in [-0.2, 0) is 4.79 Å². The second-order valence-electron chi connectivity index (χ2n) is 6.02. The molecular formula is C20H22N2O5. The zero-order chi connectivity index (χ0) is 19.6. The smallest absolute Gasteiger partial charge is 0.267 e. The van der Waals surface area contributed by atoms with Gasteiger partial charge in [-0.3, -0.25) is 9.59 Å². The predicted octanol–water partition coefficient (Wildman–Crippen LogP) is 3.09. The Hall–Kier alpha value is -3.22. The van der Waals surface area contributed by atoms with Crippen molar-refractivity contribution in [3.8, 4) is 17.2 Å². The van der Waals surface area contributed by atoms with Crippen molar-refractivity contribution in [2.75, 3.05) is 31.0 Å². The lowest BCUT2D eigenvalue weighted by atomic mass is 10.1. The summed E-state index contributed by atoms with van der Waals surface area (Å²) in [5.74, 6) is 0.945. The standard InChI is InChI=1S/C20H22N2O5/c1-5-22-14-11-13(9-10-15(14)27-12(2)20(22)24)21-19(23)18-16(25-3)7-6-8-17(18)26-4/h6-12H,5H2,1-4H3,(H,21,23). The third-order valence-electron chi connectivity index (χ3n) is 4.40. The van der Waals surface area contributed by atoms with Crippen LogP contribution in [-0.4, -0.2) is 38.7 Å². The van der Waals surface area contributed by atoms with Crippen LogP contribution in [0.1, 0.15) is 24.2 Å². The lowest BCUT2D eigenvalue weighted by Gasteiger charge is -2.32. The summed E-state index contributed by atoms with van der Waals surface area (Å²) in [5, 5.41) is 2.84. The molecule has 1 unspecified atom stereocenters. The summed E-state index contributed by atoms with van der Waals surface area (Å²) in [6.07, 6.45) is -0.532. The van der Waals surface area contributed by atoms with Gasteiger partial charge in [-0.25, -0.2) is 0 Å². The van der Waals surface area contributed by atoms with Crippen LogP contribution in [0, 0.1) is 0 Å². The maximum absolute atomic E-state index is 12.8. The van der Waals surface area contributed by atoms with E-state index in [4.69, 9.17) is 14.2 Å². The number of carbonyl (C=O) groups excluding carboxylic acids is 2. The minimum Gasteiger partial charge on any atom is -0.496 e. The number of benzene rings is 2. The Kier molecular flexibility index (Phi) is 5.21. The van der Waals surface area contributed by atoms with Crippen LogP contribution in [0.3, 0.4) is 0 Å². The SMILES string of the molecule is CCN1C(=O)C(C)Oc2ccc(NC(=O)c3c(OC)cccc3OC)cc21. The van der Waals surface area contributed by atoms with Crippen molar-refractivity contribution >= 4 is 23.2 Å². The average molecular weight is 370 g/mol. The van der Waals surface area contributed by atoms with Gasteiger partial charge in [0.25, 0.3) is 11.8 Å². The fraction of sp³-hybridized carbons (Fsp3) is 0.300. The molecule has 2 aromatic rings. The van der Waals surface area contributed by atoms with Crippen molar-refractivity contribution in [1.29, 1.82) is 0 Å². The highest BCUT2D eigenvalue weighted by Crippen LogP contribution is 2.37. The molecule has 7 heteroatoms. The first kappa shape index (κ1) is 18.6. The minimum atomic E-state index is -0.532. The minimum absolute atomic E-state index is 0.111. The topological polar surface area (TPSA) is 77.1 Å². The summed E-state index contributed by atoms with van der Waals surface area (Å²) >= 11 is 0. The zero-order valence-corrected chi connectivity index (χ0v) is 15.7. The third kappa shape index (κ3) is 3.40. The molecule has 1 N–H and O–H groups in total. The molecule has 0 radical (unpaired) electrons. The van der Waals surface area contributed by atoms with Gasteiger partial charge in [-0.05, 0) is 44.2 Å². The molecule has 1 atom stereocenters. The number of nitrogens with zero attached hydrogens (tertiary/aromatic N) is 1. The molecule has 142 valence electrons. The number of likely N-dealkylation sites (N-methyl/N-ethyl adjacent to an activating group) is 1. The quantitative estimate of drug-likeness (QED) is 0.875. The molecule has 2 aromatic carbocycles. The Morgan fingerprint density at radius 2 is 1.85 bits per heavy atom. The number of amides is 2. The van der Waals surface area contributed by atoms with Crippen LogP contribution < -0.4 is 24.4 Å². The number of hydrogen-bond acceptors (Lipinski definition) is 5. The van der Waals surface area contributed by atoms with Crippen molar-refractivity contribution < 1.29 is 23.8 Å². The highest BCUT2D eigenvalue weighted by molar-refractivity contribution is 6.09. The van der Waals surface area contributed by atoms with Crippen LogP contribution in [0.2, 0.25) is 0 Å². The number of nitrogens with one attached hydrogen (secondary N) is 1. The van der Waals surface area contributed by atoms with E-state index in [-0.39, 0.29) is 11.8 Å². The summed E-state index contributed by atoms with van der Waals surface area (Å²) < 4.78 is 16.2. The fourth-order valence-corrected chi connectivity index (χ4v) is 3.08. The molecule has 0 spiro atoms. The molecule has 3 rings (SSSR count).